The fraction of sp³-hybridized carbons (Fsp3) is 0.750. The zero-order chi connectivity index (χ0) is 19.3. The van der Waals surface area contributed by atoms with Gasteiger partial charge < -0.3 is 60.2 Å². The summed E-state index contributed by atoms with van der Waals surface area (Å²) in [6, 6.07) is 0. The van der Waals surface area contributed by atoms with E-state index in [0.717, 1.165) is 6.26 Å². The lowest BCUT2D eigenvalue weighted by molar-refractivity contribution is -0.387. The topological polar surface area (TPSA) is 218 Å². The van der Waals surface area contributed by atoms with Crippen LogP contribution in [0.25, 0.3) is 0 Å². The van der Waals surface area contributed by atoms with Crippen molar-refractivity contribution in [2.24, 2.45) is 0 Å². The Hall–Kier alpha value is -1.19. The van der Waals surface area contributed by atoms with E-state index >= 15 is 0 Å². The van der Waals surface area contributed by atoms with Crippen LogP contribution < -0.4 is 0 Å². The van der Waals surface area contributed by atoms with Gasteiger partial charge in [0.15, 0.2) is 12.6 Å². The fourth-order valence-corrected chi connectivity index (χ4v) is 1.17. The summed E-state index contributed by atoms with van der Waals surface area (Å²) in [6.45, 7) is 1.67. The third-order valence-electron chi connectivity index (χ3n) is 2.39. The normalized spacial score (nSPS) is 29.7. The molecule has 0 radical (unpaired) electrons. The molecule has 0 spiro atoms. The van der Waals surface area contributed by atoms with Crippen LogP contribution >= 0.6 is 0 Å². The van der Waals surface area contributed by atoms with Gasteiger partial charge in [-0.2, -0.15) is 0 Å². The third kappa shape index (κ3) is 9.84. The summed E-state index contributed by atoms with van der Waals surface area (Å²) in [4.78, 5) is 9.58. The van der Waals surface area contributed by atoms with Crippen molar-refractivity contribution in [3.63, 3.8) is 0 Å². The number of carbonyl (C=O) groups excluding carboxylic acids is 1. The zero-order valence-corrected chi connectivity index (χ0v) is 12.6. The number of hydrogen-bond donors (Lipinski definition) is 9. The Bertz CT molecular complexity index is 327. The van der Waals surface area contributed by atoms with E-state index in [1.54, 1.807) is 0 Å². The van der Waals surface area contributed by atoms with Crippen molar-refractivity contribution in [3.05, 3.63) is 12.8 Å². The molecule has 7 unspecified atom stereocenters. The Morgan fingerprint density at radius 2 is 1.42 bits per heavy atom. The van der Waals surface area contributed by atoms with E-state index in [4.69, 9.17) is 46.0 Å². The summed E-state index contributed by atoms with van der Waals surface area (Å²) in [5.41, 5.74) is 0. The summed E-state index contributed by atoms with van der Waals surface area (Å²) in [6.07, 6.45) is -9.42. The molecule has 12 heteroatoms. The molecule has 0 aromatic heterocycles. The summed E-state index contributed by atoms with van der Waals surface area (Å²) < 4.78 is 8.98. The van der Waals surface area contributed by atoms with E-state index in [1.165, 1.54) is 0 Å². The van der Waals surface area contributed by atoms with Gasteiger partial charge in [-0.25, -0.2) is 0 Å². The molecule has 0 aromatic carbocycles. The predicted octanol–water partition coefficient (Wildman–Crippen LogP) is -4.70. The minimum atomic E-state index is -1.66. The molecule has 1 aliphatic heterocycles. The molecule has 1 saturated heterocycles. The van der Waals surface area contributed by atoms with Crippen molar-refractivity contribution in [2.45, 2.75) is 43.3 Å². The van der Waals surface area contributed by atoms with Gasteiger partial charge in [0.25, 0.3) is 0 Å². The van der Waals surface area contributed by atoms with Gasteiger partial charge in [-0.15, -0.1) is 0 Å². The van der Waals surface area contributed by atoms with Crippen LogP contribution in [0.5, 0.6) is 0 Å². The molecule has 1 rings (SSSR count). The molecule has 12 nitrogen and oxygen atoms in total. The number of aliphatic hydroxyl groups is 9. The van der Waals surface area contributed by atoms with Gasteiger partial charge in [0.2, 0.25) is 12.6 Å². The average Bonchev–Trinajstić information content (AvgIpc) is 2.57. The van der Waals surface area contributed by atoms with Crippen LogP contribution in [0.3, 0.4) is 0 Å². The van der Waals surface area contributed by atoms with Gasteiger partial charge in [-0.05, 0) is 0 Å². The van der Waals surface area contributed by atoms with E-state index in [0.29, 0.717) is 0 Å². The first-order valence-corrected chi connectivity index (χ1v) is 6.51. The first-order chi connectivity index (χ1) is 11.2. The number of ether oxygens (including phenoxy) is 2. The summed E-state index contributed by atoms with van der Waals surface area (Å²) in [5.74, 6) is 0. The number of carbonyl (C=O) groups is 1. The second-order valence-electron chi connectivity index (χ2n) is 4.22. The van der Waals surface area contributed by atoms with Gasteiger partial charge in [-0.3, -0.25) is 0 Å². The van der Waals surface area contributed by atoms with Crippen LogP contribution in [-0.4, -0.2) is 109 Å². The van der Waals surface area contributed by atoms with Crippen LogP contribution in [0.15, 0.2) is 12.8 Å². The SMILES string of the molecule is C=CO.O=CC(O)C(O)CO.OCC(O)C1OC(O)C(O)OC1O. The van der Waals surface area contributed by atoms with Gasteiger partial charge in [0.1, 0.15) is 24.4 Å². The lowest BCUT2D eigenvalue weighted by atomic mass is 10.2. The van der Waals surface area contributed by atoms with Crippen LogP contribution in [0.4, 0.5) is 0 Å². The minimum Gasteiger partial charge on any atom is -0.516 e. The molecule has 24 heavy (non-hydrogen) atoms. The molecule has 9 N–H and O–H groups in total. The maximum absolute atomic E-state index is 9.58. The zero-order valence-electron chi connectivity index (χ0n) is 12.6. The Labute approximate surface area is 137 Å². The molecule has 7 atom stereocenters. The first-order valence-electron chi connectivity index (χ1n) is 6.51. The highest BCUT2D eigenvalue weighted by atomic mass is 16.8. The van der Waals surface area contributed by atoms with Crippen molar-refractivity contribution in [2.75, 3.05) is 13.2 Å². The Kier molecular flexibility index (Phi) is 14.8. The first kappa shape index (κ1) is 25.1. The molecule has 0 amide bonds. The largest absolute Gasteiger partial charge is 0.516 e. The Balaban J connectivity index is 0. The summed E-state index contributed by atoms with van der Waals surface area (Å²) >= 11 is 0. The maximum atomic E-state index is 9.58. The van der Waals surface area contributed by atoms with Crippen molar-refractivity contribution in [1.82, 2.24) is 0 Å². The highest BCUT2D eigenvalue weighted by Gasteiger charge is 2.39. The van der Waals surface area contributed by atoms with E-state index in [9.17, 15) is 4.79 Å². The molecule has 0 bridgehead atoms. The second kappa shape index (κ2) is 14.2. The molecule has 0 aromatic rings. The van der Waals surface area contributed by atoms with Crippen molar-refractivity contribution in [1.29, 1.82) is 0 Å². The average molecular weight is 360 g/mol. The molecule has 0 saturated carbocycles. The van der Waals surface area contributed by atoms with Crippen LogP contribution in [0, 0.1) is 0 Å². The highest BCUT2D eigenvalue weighted by molar-refractivity contribution is 5.56. The number of aldehydes is 1. The van der Waals surface area contributed by atoms with Crippen LogP contribution in [0.2, 0.25) is 0 Å². The number of aliphatic hydroxyl groups excluding tert-OH is 9. The quantitative estimate of drug-likeness (QED) is 0.167. The molecule has 0 aliphatic carbocycles. The van der Waals surface area contributed by atoms with Gasteiger partial charge in [-0.1, -0.05) is 6.58 Å². The molecule has 1 fully saturated rings. The molecular weight excluding hydrogens is 336 g/mol. The van der Waals surface area contributed by atoms with Gasteiger partial charge in [0, 0.05) is 0 Å². The lowest BCUT2D eigenvalue weighted by Gasteiger charge is -2.36. The summed E-state index contributed by atoms with van der Waals surface area (Å²) in [7, 11) is 0. The van der Waals surface area contributed by atoms with E-state index in [1.807, 2.05) is 0 Å². The smallest absolute Gasteiger partial charge is 0.209 e. The predicted molar refractivity (Wildman–Crippen MR) is 75.1 cm³/mol. The standard InChI is InChI=1S/C6H12O7.C4H8O4.C2H4O/c7-1-2(8)3-4(9)13-6(11)5(10)12-3;5-1-3(7)4(8)2-6;1-2-3/h2-11H,1H2;1,3-4,6-8H,2H2;2-3H,1H2. The van der Waals surface area contributed by atoms with Gasteiger partial charge in [0.05, 0.1) is 19.5 Å². The van der Waals surface area contributed by atoms with Crippen LogP contribution in [-0.2, 0) is 14.3 Å². The van der Waals surface area contributed by atoms with Crippen molar-refractivity contribution < 1.29 is 60.2 Å². The maximum Gasteiger partial charge on any atom is 0.209 e. The molecule has 144 valence electrons. The second-order valence-corrected chi connectivity index (χ2v) is 4.22. The van der Waals surface area contributed by atoms with Gasteiger partial charge >= 0.3 is 0 Å². The van der Waals surface area contributed by atoms with E-state index < -0.39 is 56.5 Å². The van der Waals surface area contributed by atoms with Crippen LogP contribution in [0.1, 0.15) is 0 Å². The summed E-state index contributed by atoms with van der Waals surface area (Å²) in [5, 5.41) is 76.5. The van der Waals surface area contributed by atoms with Crippen molar-refractivity contribution in [3.8, 4) is 0 Å². The Morgan fingerprint density at radius 3 is 1.75 bits per heavy atom. The lowest BCUT2D eigenvalue weighted by Crippen LogP contribution is -2.54. The molecule has 1 aliphatic rings. The minimum absolute atomic E-state index is 0.168. The Morgan fingerprint density at radius 1 is 0.958 bits per heavy atom. The monoisotopic (exact) mass is 360 g/mol. The fourth-order valence-electron chi connectivity index (χ4n) is 1.17. The molecule has 1 heterocycles. The van der Waals surface area contributed by atoms with E-state index in [-0.39, 0.29) is 6.29 Å². The molecular formula is C12H24O12. The van der Waals surface area contributed by atoms with E-state index in [2.05, 4.69) is 16.1 Å². The number of rotatable bonds is 5. The van der Waals surface area contributed by atoms with Crippen molar-refractivity contribution >= 4 is 6.29 Å². The number of hydrogen-bond acceptors (Lipinski definition) is 12. The highest BCUT2D eigenvalue weighted by Crippen LogP contribution is 2.18. The third-order valence-corrected chi connectivity index (χ3v) is 2.39.